The van der Waals surface area contributed by atoms with E-state index in [1.54, 1.807) is 30.5 Å². The van der Waals surface area contributed by atoms with Crippen LogP contribution in [0.4, 0.5) is 0 Å². The van der Waals surface area contributed by atoms with E-state index in [0.717, 1.165) is 10.7 Å². The minimum Gasteiger partial charge on any atom is -0.288 e. The van der Waals surface area contributed by atoms with Crippen molar-refractivity contribution in [2.75, 3.05) is 0 Å². The van der Waals surface area contributed by atoms with Gasteiger partial charge in [0.25, 0.3) is 9.05 Å². The average Bonchev–Trinajstić information content (AvgIpc) is 3.17. The standard InChI is InChI=1S/C7H4BrClN2O2S.C7H5BrN2O3S/c8-5-1-2-6-10-3-7(11(6)4-5)14(9,12)13;8-5-1-2-6-9-3-7(10(6)4-5)14(11,12)13/h1-4H;1-4H,(H,11,12,13). The number of fused-ring (bicyclic) bond motifs is 2. The summed E-state index contributed by atoms with van der Waals surface area (Å²) in [5, 5.41) is -0.274. The molecule has 0 aliphatic carbocycles. The first kappa shape index (κ1) is 21.2. The molecule has 0 spiro atoms. The van der Waals surface area contributed by atoms with Crippen LogP contribution in [0.5, 0.6) is 0 Å². The molecule has 0 atom stereocenters. The maximum atomic E-state index is 11.1. The van der Waals surface area contributed by atoms with Crippen LogP contribution in [-0.4, -0.2) is 40.2 Å². The van der Waals surface area contributed by atoms with E-state index < -0.39 is 19.2 Å². The van der Waals surface area contributed by atoms with Gasteiger partial charge in [0.15, 0.2) is 10.1 Å². The van der Waals surface area contributed by atoms with Gasteiger partial charge in [0.1, 0.15) is 11.3 Å². The molecule has 0 fully saturated rings. The normalized spacial score (nSPS) is 12.1. The minimum atomic E-state index is -4.22. The summed E-state index contributed by atoms with van der Waals surface area (Å²) < 4.78 is 57.0. The van der Waals surface area contributed by atoms with Crippen LogP contribution in [-0.2, 0) is 19.2 Å². The van der Waals surface area contributed by atoms with Gasteiger partial charge in [0, 0.05) is 32.0 Å². The molecule has 28 heavy (non-hydrogen) atoms. The fourth-order valence-corrected chi connectivity index (χ4v) is 4.39. The molecule has 0 saturated heterocycles. The summed E-state index contributed by atoms with van der Waals surface area (Å²) >= 11 is 6.42. The molecular weight excluding hydrogens is 564 g/mol. The molecule has 0 radical (unpaired) electrons. The zero-order chi connectivity index (χ0) is 20.7. The number of nitrogens with zero attached hydrogens (tertiary/aromatic N) is 4. The minimum absolute atomic E-state index is 0.0320. The van der Waals surface area contributed by atoms with E-state index in [-0.39, 0.29) is 10.1 Å². The predicted octanol–water partition coefficient (Wildman–Crippen LogP) is 3.37. The Morgan fingerprint density at radius 3 is 1.68 bits per heavy atom. The van der Waals surface area contributed by atoms with Crippen LogP contribution in [0.3, 0.4) is 0 Å². The summed E-state index contributed by atoms with van der Waals surface area (Å²) in [5.74, 6) is 0. The number of hydrogen-bond donors (Lipinski definition) is 1. The third kappa shape index (κ3) is 4.55. The molecule has 4 rings (SSSR count). The van der Waals surface area contributed by atoms with Gasteiger partial charge in [0.05, 0.1) is 12.4 Å². The van der Waals surface area contributed by atoms with Crippen molar-refractivity contribution in [1.82, 2.24) is 18.8 Å². The fourth-order valence-electron chi connectivity index (χ4n) is 2.24. The van der Waals surface area contributed by atoms with Gasteiger partial charge in [0.2, 0.25) is 0 Å². The summed E-state index contributed by atoms with van der Waals surface area (Å²) in [4.78, 5) is 7.73. The first-order valence-electron chi connectivity index (χ1n) is 7.14. The average molecular weight is 573 g/mol. The van der Waals surface area contributed by atoms with Crippen LogP contribution in [0, 0.1) is 0 Å². The number of aromatic nitrogens is 4. The van der Waals surface area contributed by atoms with Gasteiger partial charge in [-0.15, -0.1) is 0 Å². The van der Waals surface area contributed by atoms with Crippen LogP contribution in [0.2, 0.25) is 0 Å². The number of halogens is 3. The highest BCUT2D eigenvalue weighted by Crippen LogP contribution is 2.19. The Labute approximate surface area is 180 Å². The predicted molar refractivity (Wildman–Crippen MR) is 109 cm³/mol. The van der Waals surface area contributed by atoms with E-state index >= 15 is 0 Å². The summed E-state index contributed by atoms with van der Waals surface area (Å²) in [5.41, 5.74) is 0.994. The fraction of sp³-hybridized carbons (Fsp3) is 0. The number of imidazole rings is 2. The van der Waals surface area contributed by atoms with Crippen molar-refractivity contribution in [2.24, 2.45) is 0 Å². The third-order valence-electron chi connectivity index (χ3n) is 3.39. The molecule has 0 aromatic carbocycles. The molecule has 4 aromatic heterocycles. The Bertz CT molecular complexity index is 1290. The van der Waals surface area contributed by atoms with Crippen molar-refractivity contribution in [1.29, 1.82) is 0 Å². The lowest BCUT2D eigenvalue weighted by Crippen LogP contribution is -2.02. The maximum absolute atomic E-state index is 11.1. The largest absolute Gasteiger partial charge is 0.312 e. The van der Waals surface area contributed by atoms with Gasteiger partial charge in [-0.2, -0.15) is 8.42 Å². The van der Waals surface area contributed by atoms with Gasteiger partial charge in [-0.1, -0.05) is 0 Å². The third-order valence-corrected chi connectivity index (χ3v) is 6.43. The van der Waals surface area contributed by atoms with E-state index in [0.29, 0.717) is 15.8 Å². The van der Waals surface area contributed by atoms with Crippen LogP contribution in [0.15, 0.2) is 68.1 Å². The van der Waals surface area contributed by atoms with Crippen molar-refractivity contribution in [3.8, 4) is 0 Å². The van der Waals surface area contributed by atoms with Crippen LogP contribution in [0.1, 0.15) is 0 Å². The summed E-state index contributed by atoms with van der Waals surface area (Å²) in [6, 6.07) is 6.83. The molecule has 4 heterocycles. The molecule has 0 bridgehead atoms. The first-order valence-corrected chi connectivity index (χ1v) is 12.5. The molecule has 0 aliphatic rings. The highest BCUT2D eigenvalue weighted by molar-refractivity contribution is 9.10. The molecule has 4 aromatic rings. The highest BCUT2D eigenvalue weighted by Gasteiger charge is 2.16. The second-order valence-corrected chi connectivity index (χ2v) is 11.0. The van der Waals surface area contributed by atoms with E-state index in [2.05, 4.69) is 41.8 Å². The van der Waals surface area contributed by atoms with Gasteiger partial charge in [-0.3, -0.25) is 13.4 Å². The van der Waals surface area contributed by atoms with Gasteiger partial charge < -0.3 is 0 Å². The SMILES string of the molecule is O=S(=O)(Cl)c1cnc2ccc(Br)cn12.O=S(=O)(O)c1cnc2ccc(Br)cn12. The van der Waals surface area contributed by atoms with Crippen molar-refractivity contribution >= 4 is 73.0 Å². The summed E-state index contributed by atoms with van der Waals surface area (Å²) in [6.45, 7) is 0. The first-order chi connectivity index (χ1) is 13.0. The lowest BCUT2D eigenvalue weighted by molar-refractivity contribution is 0.478. The summed E-state index contributed by atoms with van der Waals surface area (Å²) in [6.07, 6.45) is 5.45. The molecule has 9 nitrogen and oxygen atoms in total. The molecule has 148 valence electrons. The second kappa shape index (κ2) is 7.72. The second-order valence-electron chi connectivity index (χ2n) is 5.26. The molecule has 0 unspecified atom stereocenters. The van der Waals surface area contributed by atoms with Crippen molar-refractivity contribution in [3.05, 3.63) is 58.0 Å². The zero-order valence-electron chi connectivity index (χ0n) is 13.4. The van der Waals surface area contributed by atoms with E-state index in [1.807, 2.05) is 0 Å². The number of hydrogen-bond acceptors (Lipinski definition) is 6. The monoisotopic (exact) mass is 570 g/mol. The molecule has 0 amide bonds. The molecule has 0 saturated carbocycles. The van der Waals surface area contributed by atoms with Gasteiger partial charge in [-0.25, -0.2) is 18.4 Å². The molecule has 1 N–H and O–H groups in total. The Hall–Kier alpha value is -1.51. The Morgan fingerprint density at radius 2 is 1.25 bits per heavy atom. The van der Waals surface area contributed by atoms with Crippen LogP contribution < -0.4 is 0 Å². The van der Waals surface area contributed by atoms with Gasteiger partial charge in [-0.05, 0) is 56.1 Å². The van der Waals surface area contributed by atoms with E-state index in [1.165, 1.54) is 21.2 Å². The lowest BCUT2D eigenvalue weighted by atomic mass is 10.5. The van der Waals surface area contributed by atoms with Gasteiger partial charge >= 0.3 is 10.1 Å². The van der Waals surface area contributed by atoms with Crippen LogP contribution in [0.25, 0.3) is 11.3 Å². The van der Waals surface area contributed by atoms with E-state index in [4.69, 9.17) is 15.2 Å². The quantitative estimate of drug-likeness (QED) is 0.289. The summed E-state index contributed by atoms with van der Waals surface area (Å²) in [7, 11) is -2.75. The maximum Gasteiger partial charge on any atom is 0.312 e. The van der Waals surface area contributed by atoms with Crippen molar-refractivity contribution < 1.29 is 21.4 Å². The Morgan fingerprint density at radius 1 is 0.821 bits per heavy atom. The topological polar surface area (TPSA) is 123 Å². The van der Waals surface area contributed by atoms with Crippen molar-refractivity contribution in [2.45, 2.75) is 10.1 Å². The smallest absolute Gasteiger partial charge is 0.288 e. The Kier molecular flexibility index (Phi) is 5.85. The van der Waals surface area contributed by atoms with Crippen molar-refractivity contribution in [3.63, 3.8) is 0 Å². The molecule has 14 heteroatoms. The number of pyridine rings is 2. The number of rotatable bonds is 2. The molecule has 0 aliphatic heterocycles. The van der Waals surface area contributed by atoms with E-state index in [9.17, 15) is 16.8 Å². The van der Waals surface area contributed by atoms with Crippen LogP contribution >= 0.6 is 42.5 Å². The highest BCUT2D eigenvalue weighted by atomic mass is 79.9. The lowest BCUT2D eigenvalue weighted by Gasteiger charge is -1.98. The zero-order valence-corrected chi connectivity index (χ0v) is 19.0. The molecular formula is C14H9Br2ClN4O5S2. The Balaban J connectivity index is 0.000000161.